The number of aromatic nitrogens is 3. The quantitative estimate of drug-likeness (QED) is 0.165. The van der Waals surface area contributed by atoms with Gasteiger partial charge in [0.2, 0.25) is 0 Å². The minimum Gasteiger partial charge on any atom is -0.333 e. The number of hydrogen-bond acceptors (Lipinski definition) is 1. The highest BCUT2D eigenvalue weighted by Crippen LogP contribution is 2.42. The molecule has 0 bridgehead atoms. The summed E-state index contributed by atoms with van der Waals surface area (Å²) in [5.74, 6) is 0. The minimum absolute atomic E-state index is 0.0884. The van der Waals surface area contributed by atoms with E-state index in [1.165, 1.54) is 65.8 Å². The molecule has 1 aliphatic heterocycles. The fraction of sp³-hybridized carbons (Fsp3) is 0.0714. The van der Waals surface area contributed by atoms with Crippen LogP contribution in [0.25, 0.3) is 77.3 Å². The number of para-hydroxylation sites is 5. The molecule has 1 atom stereocenters. The largest absolute Gasteiger partial charge is 0.333 e. The van der Waals surface area contributed by atoms with E-state index in [0.717, 1.165) is 34.9 Å². The normalized spacial score (nSPS) is 17.2. The van der Waals surface area contributed by atoms with E-state index < -0.39 is 0 Å². The average Bonchev–Trinajstić information content (AvgIpc) is 3.96. The van der Waals surface area contributed by atoms with Crippen LogP contribution in [0.1, 0.15) is 26.0 Å². The van der Waals surface area contributed by atoms with Crippen molar-refractivity contribution < 1.29 is 0 Å². The van der Waals surface area contributed by atoms with Gasteiger partial charge in [0.05, 0.1) is 39.0 Å². The molecule has 288 valence electrons. The summed E-state index contributed by atoms with van der Waals surface area (Å²) in [5.41, 5.74) is 14.1. The van der Waals surface area contributed by atoms with Crippen molar-refractivity contribution in [2.24, 2.45) is 0 Å². The molecule has 1 aliphatic rings. The fourth-order valence-electron chi connectivity index (χ4n) is 9.57. The second-order valence-corrected chi connectivity index (χ2v) is 15.7. The molecule has 11 rings (SSSR count). The Morgan fingerprint density at radius 3 is 1.68 bits per heavy atom. The van der Waals surface area contributed by atoms with E-state index in [0.29, 0.717) is 0 Å². The van der Waals surface area contributed by atoms with Crippen LogP contribution >= 0.6 is 0 Å². The van der Waals surface area contributed by atoms with Gasteiger partial charge in [-0.05, 0) is 105 Å². The van der Waals surface area contributed by atoms with Crippen LogP contribution in [0.15, 0.2) is 218 Å². The molecule has 10 aromatic rings. The van der Waals surface area contributed by atoms with Gasteiger partial charge in [-0.3, -0.25) is 0 Å². The van der Waals surface area contributed by atoms with Crippen molar-refractivity contribution in [1.29, 1.82) is 0 Å². The summed E-state index contributed by atoms with van der Waals surface area (Å²) in [5, 5.41) is 6.15. The molecule has 0 radical (unpaired) electrons. The van der Waals surface area contributed by atoms with E-state index in [9.17, 15) is 0 Å². The molecular formula is C56H44N4. The van der Waals surface area contributed by atoms with Crippen molar-refractivity contribution in [1.82, 2.24) is 13.7 Å². The first kappa shape index (κ1) is 35.6. The molecular weight excluding hydrogens is 729 g/mol. The molecule has 3 aromatic heterocycles. The van der Waals surface area contributed by atoms with Crippen LogP contribution in [0.5, 0.6) is 0 Å². The number of allylic oxidation sites excluding steroid dienone is 6. The molecule has 0 saturated heterocycles. The minimum atomic E-state index is 0.0884. The fourth-order valence-corrected chi connectivity index (χ4v) is 9.57. The summed E-state index contributed by atoms with van der Waals surface area (Å²) in [6.45, 7) is 4.41. The van der Waals surface area contributed by atoms with Crippen molar-refractivity contribution in [2.45, 2.75) is 26.3 Å². The molecule has 4 heteroatoms. The van der Waals surface area contributed by atoms with Crippen LogP contribution in [0.4, 0.5) is 5.69 Å². The summed E-state index contributed by atoms with van der Waals surface area (Å²) in [7, 11) is 0. The van der Waals surface area contributed by atoms with Gasteiger partial charge in [0.1, 0.15) is 0 Å². The van der Waals surface area contributed by atoms with Gasteiger partial charge in [-0.25, -0.2) is 0 Å². The topological polar surface area (TPSA) is 18.0 Å². The molecule has 4 heterocycles. The van der Waals surface area contributed by atoms with Crippen molar-refractivity contribution >= 4 is 65.9 Å². The molecule has 0 amide bonds. The lowest BCUT2D eigenvalue weighted by Crippen LogP contribution is -2.31. The maximum absolute atomic E-state index is 2.51. The maximum Gasteiger partial charge on any atom is 0.0709 e. The molecule has 0 saturated carbocycles. The Kier molecular flexibility index (Phi) is 8.70. The third-order valence-corrected chi connectivity index (χ3v) is 12.1. The lowest BCUT2D eigenvalue weighted by Gasteiger charge is -2.34. The molecule has 60 heavy (non-hydrogen) atoms. The summed E-state index contributed by atoms with van der Waals surface area (Å²) in [4.78, 5) is 2.51. The number of hydrogen-bond donors (Lipinski definition) is 0. The Balaban J connectivity index is 1.18. The molecule has 0 fully saturated rings. The number of anilines is 1. The molecule has 1 unspecified atom stereocenters. The maximum atomic E-state index is 2.51. The number of benzene rings is 7. The third kappa shape index (κ3) is 5.75. The standard InChI is InChI=1S/C56H44N4/c1-3-20-40-22-8-4-7-21-39(2)57(42-24-9-5-10-25-42)56(40)55-35-41-23-13-16-32-50(41)59(55)44-28-19-29-45(36-44)60-52-34-18-15-31-47(52)49-37-53-48(38-54(49)60)46-30-14-17-33-51(46)58(53)43-26-11-6-12-27-43/h3-21,23-39H,22H2,1-2H3/b8-4-,20-3-,21-7-,56-40-. The van der Waals surface area contributed by atoms with E-state index >= 15 is 0 Å². The molecule has 4 nitrogen and oxygen atoms in total. The van der Waals surface area contributed by atoms with Gasteiger partial charge in [0.25, 0.3) is 0 Å². The van der Waals surface area contributed by atoms with E-state index in [1.54, 1.807) is 0 Å². The zero-order valence-electron chi connectivity index (χ0n) is 33.8. The first-order chi connectivity index (χ1) is 29.7. The number of nitrogens with zero attached hydrogens (tertiary/aromatic N) is 4. The summed E-state index contributed by atoms with van der Waals surface area (Å²) in [6, 6.07) is 64.4. The SMILES string of the molecule is C/C=C\C1=C(/c2cc3ccccc3n2-c2cccc(-n3c4ccccc4c4cc5c(cc43)c3ccccc3n5-c3ccccc3)c2)N(c2ccccc2)C(C)/C=C\C=C/C1. The Morgan fingerprint density at radius 1 is 0.467 bits per heavy atom. The zero-order chi connectivity index (χ0) is 40.2. The lowest BCUT2D eigenvalue weighted by molar-refractivity contribution is 0.858. The Bertz CT molecular complexity index is 3370. The van der Waals surface area contributed by atoms with Gasteiger partial charge in [0, 0.05) is 55.7 Å². The van der Waals surface area contributed by atoms with E-state index in [2.05, 4.69) is 245 Å². The van der Waals surface area contributed by atoms with Crippen molar-refractivity contribution in [3.8, 4) is 17.1 Å². The van der Waals surface area contributed by atoms with Crippen LogP contribution in [0.2, 0.25) is 0 Å². The second kappa shape index (κ2) is 14.7. The third-order valence-electron chi connectivity index (χ3n) is 12.1. The van der Waals surface area contributed by atoms with Crippen molar-refractivity contribution in [3.05, 3.63) is 224 Å². The van der Waals surface area contributed by atoms with Crippen LogP contribution in [-0.4, -0.2) is 19.7 Å². The molecule has 0 N–H and O–H groups in total. The predicted octanol–water partition coefficient (Wildman–Crippen LogP) is 14.5. The van der Waals surface area contributed by atoms with Crippen molar-refractivity contribution in [3.63, 3.8) is 0 Å². The van der Waals surface area contributed by atoms with Crippen molar-refractivity contribution in [2.75, 3.05) is 4.90 Å². The Hall–Kier alpha value is -7.56. The molecule has 0 aliphatic carbocycles. The van der Waals surface area contributed by atoms with Crippen LogP contribution in [-0.2, 0) is 0 Å². The number of rotatable bonds is 6. The van der Waals surface area contributed by atoms with Gasteiger partial charge >= 0.3 is 0 Å². The highest BCUT2D eigenvalue weighted by molar-refractivity contribution is 6.19. The van der Waals surface area contributed by atoms with Gasteiger partial charge in [-0.1, -0.05) is 134 Å². The van der Waals surface area contributed by atoms with E-state index in [1.807, 2.05) is 0 Å². The predicted molar refractivity (Wildman–Crippen MR) is 255 cm³/mol. The van der Waals surface area contributed by atoms with E-state index in [4.69, 9.17) is 0 Å². The second-order valence-electron chi connectivity index (χ2n) is 15.7. The zero-order valence-corrected chi connectivity index (χ0v) is 33.8. The smallest absolute Gasteiger partial charge is 0.0709 e. The van der Waals surface area contributed by atoms with Gasteiger partial charge in [-0.2, -0.15) is 0 Å². The van der Waals surface area contributed by atoms with Crippen LogP contribution in [0.3, 0.4) is 0 Å². The van der Waals surface area contributed by atoms with E-state index in [-0.39, 0.29) is 6.04 Å². The number of fused-ring (bicyclic) bond motifs is 7. The van der Waals surface area contributed by atoms with Crippen LogP contribution in [0, 0.1) is 0 Å². The average molecular weight is 773 g/mol. The highest BCUT2D eigenvalue weighted by Gasteiger charge is 2.27. The van der Waals surface area contributed by atoms with Gasteiger partial charge in [0.15, 0.2) is 0 Å². The monoisotopic (exact) mass is 772 g/mol. The van der Waals surface area contributed by atoms with Gasteiger partial charge in [-0.15, -0.1) is 0 Å². The first-order valence-electron chi connectivity index (χ1n) is 20.9. The molecule has 7 aromatic carbocycles. The lowest BCUT2D eigenvalue weighted by atomic mass is 10.0. The Labute approximate surface area is 350 Å². The summed E-state index contributed by atoms with van der Waals surface area (Å²) < 4.78 is 7.35. The van der Waals surface area contributed by atoms with Crippen LogP contribution < -0.4 is 4.90 Å². The Morgan fingerprint density at radius 2 is 1.02 bits per heavy atom. The highest BCUT2D eigenvalue weighted by atomic mass is 15.2. The van der Waals surface area contributed by atoms with Gasteiger partial charge < -0.3 is 18.6 Å². The summed E-state index contributed by atoms with van der Waals surface area (Å²) in [6.07, 6.45) is 14.2. The summed E-state index contributed by atoms with van der Waals surface area (Å²) >= 11 is 0. The molecule has 0 spiro atoms. The first-order valence-corrected chi connectivity index (χ1v) is 20.9.